The van der Waals surface area contributed by atoms with Crippen LogP contribution in [0.3, 0.4) is 0 Å². The van der Waals surface area contributed by atoms with Gasteiger partial charge in [0.25, 0.3) is 5.91 Å². The fourth-order valence-corrected chi connectivity index (χ4v) is 2.62. The number of hydrogen-bond acceptors (Lipinski definition) is 4. The molecule has 1 aliphatic heterocycles. The van der Waals surface area contributed by atoms with E-state index in [9.17, 15) is 9.90 Å². The highest BCUT2D eigenvalue weighted by atomic mass is 16.5. The summed E-state index contributed by atoms with van der Waals surface area (Å²) in [6.45, 7) is 1.23. The number of benzene rings is 2. The smallest absolute Gasteiger partial charge is 0.260 e. The monoisotopic (exact) mass is 301 g/mol. The summed E-state index contributed by atoms with van der Waals surface area (Å²) in [5.74, 6) is 0.538. The summed E-state index contributed by atoms with van der Waals surface area (Å²) in [6, 6.07) is 13.5. The number of ether oxygens (including phenoxy) is 2. The minimum absolute atomic E-state index is 0.0329. The lowest BCUT2D eigenvalue weighted by molar-refractivity contribution is -0.143. The first-order valence-electron chi connectivity index (χ1n) is 7.37. The van der Waals surface area contributed by atoms with Gasteiger partial charge in [-0.1, -0.05) is 30.3 Å². The van der Waals surface area contributed by atoms with Gasteiger partial charge < -0.3 is 19.5 Å². The number of aliphatic hydroxyl groups excluding tert-OH is 1. The second-order valence-electron chi connectivity index (χ2n) is 5.30. The standard InChI is InChI=1S/C17H19NO4/c19-10-15-11-21-8-7-18(15)17(20)12-22-16-6-5-13-3-1-2-4-14(13)9-16/h1-6,9,15,19H,7-8,10-12H2. The largest absolute Gasteiger partial charge is 0.484 e. The Morgan fingerprint density at radius 3 is 2.91 bits per heavy atom. The molecule has 22 heavy (non-hydrogen) atoms. The number of carbonyl (C=O) groups is 1. The molecule has 1 fully saturated rings. The molecule has 1 unspecified atom stereocenters. The number of fused-ring (bicyclic) bond motifs is 1. The lowest BCUT2D eigenvalue weighted by Gasteiger charge is -2.34. The van der Waals surface area contributed by atoms with Crippen LogP contribution in [0.1, 0.15) is 0 Å². The SMILES string of the molecule is O=C(COc1ccc2ccccc2c1)N1CCOCC1CO. The third kappa shape index (κ3) is 3.21. The number of nitrogens with zero attached hydrogens (tertiary/aromatic N) is 1. The molecule has 0 aliphatic carbocycles. The van der Waals surface area contributed by atoms with Gasteiger partial charge in [0, 0.05) is 6.54 Å². The van der Waals surface area contributed by atoms with Crippen LogP contribution in [0.2, 0.25) is 0 Å². The van der Waals surface area contributed by atoms with Gasteiger partial charge in [0.15, 0.2) is 6.61 Å². The van der Waals surface area contributed by atoms with Crippen molar-refractivity contribution in [2.45, 2.75) is 6.04 Å². The van der Waals surface area contributed by atoms with Crippen molar-refractivity contribution in [2.75, 3.05) is 33.0 Å². The van der Waals surface area contributed by atoms with Crippen LogP contribution in [0.25, 0.3) is 10.8 Å². The van der Waals surface area contributed by atoms with Crippen molar-refractivity contribution in [1.29, 1.82) is 0 Å². The van der Waals surface area contributed by atoms with E-state index in [-0.39, 0.29) is 25.2 Å². The maximum atomic E-state index is 12.2. The predicted molar refractivity (Wildman–Crippen MR) is 82.8 cm³/mol. The van der Waals surface area contributed by atoms with E-state index in [2.05, 4.69) is 0 Å². The minimum atomic E-state index is -0.276. The van der Waals surface area contributed by atoms with Crippen molar-refractivity contribution in [2.24, 2.45) is 0 Å². The number of aliphatic hydroxyl groups is 1. The normalized spacial score (nSPS) is 18.4. The average molecular weight is 301 g/mol. The first-order chi connectivity index (χ1) is 10.8. The van der Waals surface area contributed by atoms with Gasteiger partial charge in [-0.05, 0) is 22.9 Å². The Morgan fingerprint density at radius 2 is 2.09 bits per heavy atom. The Bertz CT molecular complexity index is 658. The Labute approximate surface area is 129 Å². The molecule has 1 N–H and O–H groups in total. The molecular formula is C17H19NO4. The molecule has 1 heterocycles. The zero-order chi connectivity index (χ0) is 15.4. The molecule has 5 nitrogen and oxygen atoms in total. The summed E-state index contributed by atoms with van der Waals surface area (Å²) >= 11 is 0. The van der Waals surface area contributed by atoms with Gasteiger partial charge in [-0.25, -0.2) is 0 Å². The molecule has 0 bridgehead atoms. The van der Waals surface area contributed by atoms with Crippen LogP contribution in [0, 0.1) is 0 Å². The summed E-state index contributed by atoms with van der Waals surface area (Å²) in [6.07, 6.45) is 0. The third-order valence-electron chi connectivity index (χ3n) is 3.84. The summed E-state index contributed by atoms with van der Waals surface area (Å²) in [5, 5.41) is 11.5. The van der Waals surface area contributed by atoms with E-state index >= 15 is 0 Å². The Morgan fingerprint density at radius 1 is 1.27 bits per heavy atom. The maximum Gasteiger partial charge on any atom is 0.260 e. The molecule has 1 saturated heterocycles. The van der Waals surface area contributed by atoms with Crippen LogP contribution in [0.5, 0.6) is 5.75 Å². The van der Waals surface area contributed by atoms with E-state index in [1.807, 2.05) is 42.5 Å². The van der Waals surface area contributed by atoms with E-state index in [1.165, 1.54) is 0 Å². The number of morpholine rings is 1. The zero-order valence-corrected chi connectivity index (χ0v) is 12.3. The molecule has 116 valence electrons. The molecule has 5 heteroatoms. The summed E-state index contributed by atoms with van der Waals surface area (Å²) in [7, 11) is 0. The highest BCUT2D eigenvalue weighted by Crippen LogP contribution is 2.20. The van der Waals surface area contributed by atoms with E-state index in [4.69, 9.17) is 9.47 Å². The van der Waals surface area contributed by atoms with Crippen LogP contribution >= 0.6 is 0 Å². The first kappa shape index (κ1) is 14.8. The van der Waals surface area contributed by atoms with Crippen LogP contribution < -0.4 is 4.74 Å². The Balaban J connectivity index is 1.64. The molecule has 1 atom stereocenters. The number of amides is 1. The molecular weight excluding hydrogens is 282 g/mol. The summed E-state index contributed by atoms with van der Waals surface area (Å²) in [5.41, 5.74) is 0. The zero-order valence-electron chi connectivity index (χ0n) is 12.3. The van der Waals surface area contributed by atoms with Crippen LogP contribution in [-0.2, 0) is 9.53 Å². The topological polar surface area (TPSA) is 59.0 Å². The van der Waals surface area contributed by atoms with Crippen molar-refractivity contribution >= 4 is 16.7 Å². The average Bonchev–Trinajstić information content (AvgIpc) is 2.59. The van der Waals surface area contributed by atoms with Crippen LogP contribution in [0.15, 0.2) is 42.5 Å². The molecule has 2 aromatic carbocycles. The van der Waals surface area contributed by atoms with Crippen molar-refractivity contribution in [3.8, 4) is 5.75 Å². The fourth-order valence-electron chi connectivity index (χ4n) is 2.62. The quantitative estimate of drug-likeness (QED) is 0.928. The molecule has 3 rings (SSSR count). The lowest BCUT2D eigenvalue weighted by atomic mass is 10.1. The Hall–Kier alpha value is -2.11. The first-order valence-corrected chi connectivity index (χ1v) is 7.37. The number of carbonyl (C=O) groups excluding carboxylic acids is 1. The molecule has 0 spiro atoms. The van der Waals surface area contributed by atoms with Crippen molar-refractivity contribution < 1.29 is 19.4 Å². The molecule has 0 aromatic heterocycles. The summed E-state index contributed by atoms with van der Waals surface area (Å²) < 4.78 is 10.9. The predicted octanol–water partition coefficient (Wildman–Crippen LogP) is 1.44. The second-order valence-corrected chi connectivity index (χ2v) is 5.30. The van der Waals surface area contributed by atoms with Crippen LogP contribution in [0.4, 0.5) is 0 Å². The molecule has 1 aliphatic rings. The lowest BCUT2D eigenvalue weighted by Crippen LogP contribution is -2.51. The molecule has 2 aromatic rings. The van der Waals surface area contributed by atoms with E-state index < -0.39 is 0 Å². The van der Waals surface area contributed by atoms with E-state index in [0.717, 1.165) is 10.8 Å². The minimum Gasteiger partial charge on any atom is -0.484 e. The van der Waals surface area contributed by atoms with E-state index in [0.29, 0.717) is 25.5 Å². The van der Waals surface area contributed by atoms with Gasteiger partial charge >= 0.3 is 0 Å². The van der Waals surface area contributed by atoms with Gasteiger partial charge in [0.05, 0.1) is 25.9 Å². The molecule has 0 saturated carbocycles. The maximum absolute atomic E-state index is 12.2. The highest BCUT2D eigenvalue weighted by molar-refractivity contribution is 5.84. The fraction of sp³-hybridized carbons (Fsp3) is 0.353. The Kier molecular flexibility index (Phi) is 4.56. The van der Waals surface area contributed by atoms with Gasteiger partial charge in [-0.3, -0.25) is 4.79 Å². The van der Waals surface area contributed by atoms with E-state index in [1.54, 1.807) is 4.90 Å². The second kappa shape index (κ2) is 6.77. The number of hydrogen-bond donors (Lipinski definition) is 1. The summed E-state index contributed by atoms with van der Waals surface area (Å²) in [4.78, 5) is 13.9. The van der Waals surface area contributed by atoms with Gasteiger partial charge in [-0.15, -0.1) is 0 Å². The highest BCUT2D eigenvalue weighted by Gasteiger charge is 2.26. The number of rotatable bonds is 4. The van der Waals surface area contributed by atoms with Crippen molar-refractivity contribution in [1.82, 2.24) is 4.90 Å². The van der Waals surface area contributed by atoms with Crippen LogP contribution in [-0.4, -0.2) is 54.9 Å². The third-order valence-corrected chi connectivity index (χ3v) is 3.84. The van der Waals surface area contributed by atoms with Gasteiger partial charge in [0.2, 0.25) is 0 Å². The van der Waals surface area contributed by atoms with Crippen molar-refractivity contribution in [3.63, 3.8) is 0 Å². The van der Waals surface area contributed by atoms with Gasteiger partial charge in [0.1, 0.15) is 5.75 Å². The molecule has 1 amide bonds. The van der Waals surface area contributed by atoms with Gasteiger partial charge in [-0.2, -0.15) is 0 Å². The molecule has 0 radical (unpaired) electrons. The van der Waals surface area contributed by atoms with Crippen molar-refractivity contribution in [3.05, 3.63) is 42.5 Å².